The molecule has 0 bridgehead atoms. The summed E-state index contributed by atoms with van der Waals surface area (Å²) in [6.07, 6.45) is 41.2. The molecule has 0 aliphatic carbocycles. The normalized spacial score (nSPS) is 14.1. The lowest BCUT2D eigenvalue weighted by atomic mass is 10.0. The lowest BCUT2D eigenvalue weighted by Crippen LogP contribution is -2.45. The zero-order chi connectivity index (χ0) is 36.3. The van der Waals surface area contributed by atoms with E-state index in [4.69, 9.17) is 0 Å². The zero-order valence-electron chi connectivity index (χ0n) is 32.5. The topological polar surface area (TPSA) is 115 Å². The van der Waals surface area contributed by atoms with Crippen LogP contribution in [0.3, 0.4) is 0 Å². The van der Waals surface area contributed by atoms with Gasteiger partial charge in [-0.2, -0.15) is 0 Å². The fraction of sp³-hybridized carbons (Fsp3) is 0.952. The number of rotatable bonds is 40. The average Bonchev–Trinajstić information content (AvgIpc) is 3.07. The Kier molecular flexibility index (Phi) is 33.8. The van der Waals surface area contributed by atoms with Gasteiger partial charge in [-0.15, -0.1) is 0 Å². The van der Waals surface area contributed by atoms with E-state index in [2.05, 4.69) is 13.8 Å². The van der Waals surface area contributed by atoms with E-state index in [0.29, 0.717) is 24.6 Å². The maximum absolute atomic E-state index is 12.0. The van der Waals surface area contributed by atoms with Crippen molar-refractivity contribution < 1.29 is 30.0 Å². The van der Waals surface area contributed by atoms with Gasteiger partial charge in [0, 0.05) is 0 Å². The van der Waals surface area contributed by atoms with Gasteiger partial charge in [-0.1, -0.05) is 231 Å². The van der Waals surface area contributed by atoms with Crippen LogP contribution in [0.2, 0.25) is 0 Å². The van der Waals surface area contributed by atoms with Crippen molar-refractivity contribution in [1.29, 1.82) is 0 Å². The summed E-state index contributed by atoms with van der Waals surface area (Å²) >= 11 is 0.299. The van der Waals surface area contributed by atoms with E-state index in [0.717, 1.165) is 38.5 Å². The van der Waals surface area contributed by atoms with Crippen LogP contribution in [-0.2, 0) is 9.59 Å². The van der Waals surface area contributed by atoms with Crippen LogP contribution < -0.4 is 0 Å². The number of carbonyl (C=O) groups is 2. The second-order valence-corrected chi connectivity index (χ2v) is 16.6. The molecule has 292 valence electrons. The number of aliphatic carboxylic acids is 2. The highest BCUT2D eigenvalue weighted by atomic mass is 32.2. The third kappa shape index (κ3) is 29.5. The van der Waals surface area contributed by atoms with Gasteiger partial charge in [0.15, 0.2) is 0 Å². The standard InChI is InChI=1S/C42H82O6S/c1-3-5-7-9-11-13-15-17-19-21-23-25-27-29-31-33-35-37-41(47,39(43)44)49-42(48,40(45)46)38-36-34-32-30-28-26-24-22-20-18-16-14-12-10-8-6-4-2/h47-48H,3-38H2,1-2H3,(H,43,44)(H,45,46). The van der Waals surface area contributed by atoms with Crippen molar-refractivity contribution >= 4 is 23.7 Å². The van der Waals surface area contributed by atoms with Crippen LogP contribution in [-0.4, -0.2) is 42.2 Å². The number of unbranched alkanes of at least 4 members (excludes halogenated alkanes) is 32. The molecule has 4 N–H and O–H groups in total. The summed E-state index contributed by atoms with van der Waals surface area (Å²) in [5, 5.41) is 41.3. The van der Waals surface area contributed by atoms with E-state index in [1.165, 1.54) is 167 Å². The minimum atomic E-state index is -2.31. The van der Waals surface area contributed by atoms with Crippen LogP contribution in [0.25, 0.3) is 0 Å². The van der Waals surface area contributed by atoms with Gasteiger partial charge < -0.3 is 20.4 Å². The van der Waals surface area contributed by atoms with E-state index >= 15 is 0 Å². The van der Waals surface area contributed by atoms with Gasteiger partial charge in [-0.25, -0.2) is 9.59 Å². The molecule has 6 nitrogen and oxygen atoms in total. The van der Waals surface area contributed by atoms with E-state index in [-0.39, 0.29) is 12.8 Å². The Morgan fingerprint density at radius 1 is 0.347 bits per heavy atom. The van der Waals surface area contributed by atoms with Crippen LogP contribution in [0, 0.1) is 0 Å². The summed E-state index contributed by atoms with van der Waals surface area (Å²) in [5.41, 5.74) is 0. The summed E-state index contributed by atoms with van der Waals surface area (Å²) < 4.78 is 0. The summed E-state index contributed by atoms with van der Waals surface area (Å²) in [6.45, 7) is 4.52. The summed E-state index contributed by atoms with van der Waals surface area (Å²) in [5.74, 6) is -2.95. The SMILES string of the molecule is CCCCCCCCCCCCCCCCCCCC(O)(SC(O)(CCCCCCCCCCCCCCCCCCC)C(=O)O)C(=O)O. The number of thioether (sulfide) groups is 1. The zero-order valence-corrected chi connectivity index (χ0v) is 33.3. The van der Waals surface area contributed by atoms with E-state index in [1.807, 2.05) is 0 Å². The molecule has 0 spiro atoms. The molecular formula is C42H82O6S. The molecule has 2 unspecified atom stereocenters. The number of hydrogen-bond donors (Lipinski definition) is 4. The molecule has 2 atom stereocenters. The van der Waals surface area contributed by atoms with Crippen LogP contribution in [0.1, 0.15) is 245 Å². The Morgan fingerprint density at radius 2 is 0.510 bits per heavy atom. The first-order chi connectivity index (χ1) is 23.7. The molecule has 0 amide bonds. The molecule has 0 heterocycles. The molecule has 49 heavy (non-hydrogen) atoms. The van der Waals surface area contributed by atoms with Gasteiger partial charge in [0.2, 0.25) is 9.87 Å². The third-order valence-corrected chi connectivity index (χ3v) is 11.7. The van der Waals surface area contributed by atoms with Crippen molar-refractivity contribution in [2.45, 2.75) is 255 Å². The van der Waals surface area contributed by atoms with E-state index in [9.17, 15) is 30.0 Å². The fourth-order valence-corrected chi connectivity index (χ4v) is 8.09. The first kappa shape index (κ1) is 48.2. The Labute approximate surface area is 307 Å². The maximum Gasteiger partial charge on any atom is 0.346 e. The third-order valence-electron chi connectivity index (χ3n) is 10.2. The second kappa shape index (κ2) is 34.3. The predicted octanol–water partition coefficient (Wildman–Crippen LogP) is 13.3. The molecule has 0 aliphatic heterocycles. The largest absolute Gasteiger partial charge is 0.478 e. The summed E-state index contributed by atoms with van der Waals surface area (Å²) in [7, 11) is 0. The maximum atomic E-state index is 12.0. The van der Waals surface area contributed by atoms with Gasteiger partial charge in [0.1, 0.15) is 0 Å². The van der Waals surface area contributed by atoms with Crippen molar-refractivity contribution in [2.75, 3.05) is 0 Å². The quantitative estimate of drug-likeness (QED) is 0.0369. The number of hydrogen-bond acceptors (Lipinski definition) is 5. The van der Waals surface area contributed by atoms with Gasteiger partial charge >= 0.3 is 11.9 Å². The highest BCUT2D eigenvalue weighted by Crippen LogP contribution is 2.41. The lowest BCUT2D eigenvalue weighted by Gasteiger charge is -2.31. The number of aliphatic hydroxyl groups is 2. The highest BCUT2D eigenvalue weighted by Gasteiger charge is 2.48. The smallest absolute Gasteiger partial charge is 0.346 e. The minimum absolute atomic E-state index is 0.0692. The Morgan fingerprint density at radius 3 is 0.673 bits per heavy atom. The van der Waals surface area contributed by atoms with Crippen molar-refractivity contribution in [3.8, 4) is 0 Å². The number of carboxylic acids is 2. The second-order valence-electron chi connectivity index (χ2n) is 15.1. The van der Waals surface area contributed by atoms with Gasteiger partial charge in [-0.05, 0) is 25.7 Å². The summed E-state index contributed by atoms with van der Waals surface area (Å²) in [4.78, 5) is 19.3. The molecule has 0 saturated carbocycles. The lowest BCUT2D eigenvalue weighted by molar-refractivity contribution is -0.152. The van der Waals surface area contributed by atoms with Crippen molar-refractivity contribution in [3.05, 3.63) is 0 Å². The molecule has 0 aromatic rings. The van der Waals surface area contributed by atoms with Gasteiger partial charge in [0.25, 0.3) is 0 Å². The Hall–Kier alpha value is -0.790. The fourth-order valence-electron chi connectivity index (χ4n) is 6.86. The van der Waals surface area contributed by atoms with E-state index in [1.54, 1.807) is 0 Å². The van der Waals surface area contributed by atoms with Crippen LogP contribution in [0.5, 0.6) is 0 Å². The molecular weight excluding hydrogens is 633 g/mol. The van der Waals surface area contributed by atoms with Crippen LogP contribution >= 0.6 is 11.8 Å². The molecule has 0 fully saturated rings. The molecule has 0 rings (SSSR count). The number of carboxylic acid groups (broad SMARTS) is 2. The van der Waals surface area contributed by atoms with E-state index < -0.39 is 21.8 Å². The van der Waals surface area contributed by atoms with Crippen LogP contribution in [0.15, 0.2) is 0 Å². The summed E-state index contributed by atoms with van der Waals surface area (Å²) in [6, 6.07) is 0. The Bertz CT molecular complexity index is 689. The van der Waals surface area contributed by atoms with Crippen molar-refractivity contribution in [2.24, 2.45) is 0 Å². The highest BCUT2D eigenvalue weighted by molar-refractivity contribution is 8.03. The Balaban J connectivity index is 3.97. The molecule has 0 aromatic heterocycles. The molecule has 7 heteroatoms. The van der Waals surface area contributed by atoms with Crippen molar-refractivity contribution in [3.63, 3.8) is 0 Å². The van der Waals surface area contributed by atoms with Crippen molar-refractivity contribution in [1.82, 2.24) is 0 Å². The monoisotopic (exact) mass is 715 g/mol. The first-order valence-electron chi connectivity index (χ1n) is 21.3. The first-order valence-corrected chi connectivity index (χ1v) is 22.1. The molecule has 0 aliphatic rings. The molecule has 0 saturated heterocycles. The average molecular weight is 715 g/mol. The predicted molar refractivity (Wildman–Crippen MR) is 210 cm³/mol. The van der Waals surface area contributed by atoms with Gasteiger partial charge in [0.05, 0.1) is 0 Å². The van der Waals surface area contributed by atoms with Crippen LogP contribution in [0.4, 0.5) is 0 Å². The van der Waals surface area contributed by atoms with Gasteiger partial charge in [-0.3, -0.25) is 0 Å². The minimum Gasteiger partial charge on any atom is -0.478 e. The molecule has 0 aromatic carbocycles. The molecule has 0 radical (unpaired) electrons.